The fourth-order valence-corrected chi connectivity index (χ4v) is 7.78. The van der Waals surface area contributed by atoms with E-state index in [9.17, 15) is 13.2 Å². The lowest BCUT2D eigenvalue weighted by molar-refractivity contribution is 0.601. The van der Waals surface area contributed by atoms with E-state index in [0.29, 0.717) is 17.9 Å². The van der Waals surface area contributed by atoms with Crippen LogP contribution < -0.4 is 10.5 Å². The van der Waals surface area contributed by atoms with E-state index in [1.54, 1.807) is 18.3 Å². The van der Waals surface area contributed by atoms with Crippen LogP contribution in [-0.2, 0) is 22.8 Å². The average molecular weight is 455 g/mol. The standard InChI is InChI=1S/C22H22N4O3S2/c1-2-15-6-8-17(9-7-15)26(22-24-18-13-31(28,29)14-19(18)30-22)12-16-11-21(27)25-10-4-3-5-20(25)23-16/h3-11,18-19H,2,12-14H2,1H3/t18-,19+/m1/s1. The third-order valence-corrected chi connectivity index (χ3v) is 8.88. The summed E-state index contributed by atoms with van der Waals surface area (Å²) in [6, 6.07) is 15.0. The number of anilines is 1. The average Bonchev–Trinajstić information content (AvgIpc) is 3.25. The quantitative estimate of drug-likeness (QED) is 0.602. The lowest BCUT2D eigenvalue weighted by atomic mass is 10.1. The number of benzene rings is 1. The largest absolute Gasteiger partial charge is 0.315 e. The molecule has 0 N–H and O–H groups in total. The van der Waals surface area contributed by atoms with Crippen molar-refractivity contribution in [1.29, 1.82) is 0 Å². The van der Waals surface area contributed by atoms with Crippen LogP contribution in [-0.4, -0.2) is 45.8 Å². The van der Waals surface area contributed by atoms with Crippen molar-refractivity contribution in [2.75, 3.05) is 16.4 Å². The Morgan fingerprint density at radius 3 is 2.71 bits per heavy atom. The monoisotopic (exact) mass is 454 g/mol. The van der Waals surface area contributed by atoms with Crippen LogP contribution in [0.5, 0.6) is 0 Å². The van der Waals surface area contributed by atoms with E-state index in [4.69, 9.17) is 4.99 Å². The fraction of sp³-hybridized carbons (Fsp3) is 0.318. The van der Waals surface area contributed by atoms with Crippen LogP contribution in [0.3, 0.4) is 0 Å². The number of fused-ring (bicyclic) bond motifs is 2. The first kappa shape index (κ1) is 20.3. The summed E-state index contributed by atoms with van der Waals surface area (Å²) in [4.78, 5) is 24.0. The van der Waals surface area contributed by atoms with Gasteiger partial charge in [0.2, 0.25) is 0 Å². The van der Waals surface area contributed by atoms with Crippen molar-refractivity contribution >= 4 is 38.1 Å². The maximum Gasteiger partial charge on any atom is 0.258 e. The van der Waals surface area contributed by atoms with Crippen LogP contribution in [0.1, 0.15) is 18.2 Å². The van der Waals surface area contributed by atoms with E-state index >= 15 is 0 Å². The smallest absolute Gasteiger partial charge is 0.258 e. The maximum atomic E-state index is 12.6. The number of amidine groups is 1. The van der Waals surface area contributed by atoms with Gasteiger partial charge in [-0.25, -0.2) is 13.4 Å². The summed E-state index contributed by atoms with van der Waals surface area (Å²) in [5.74, 6) is 0.264. The normalized spacial score (nSPS) is 21.8. The van der Waals surface area contributed by atoms with Gasteiger partial charge in [-0.3, -0.25) is 14.2 Å². The van der Waals surface area contributed by atoms with E-state index in [2.05, 4.69) is 24.0 Å². The molecule has 0 bridgehead atoms. The molecule has 0 amide bonds. The molecule has 1 fully saturated rings. The molecule has 0 unspecified atom stereocenters. The Morgan fingerprint density at radius 2 is 1.97 bits per heavy atom. The second-order valence-electron chi connectivity index (χ2n) is 7.83. The molecule has 160 valence electrons. The molecule has 2 atom stereocenters. The lowest BCUT2D eigenvalue weighted by Crippen LogP contribution is -2.29. The lowest BCUT2D eigenvalue weighted by Gasteiger charge is -2.24. The zero-order valence-electron chi connectivity index (χ0n) is 17.0. The summed E-state index contributed by atoms with van der Waals surface area (Å²) >= 11 is 1.51. The Kier molecular flexibility index (Phi) is 5.10. The Morgan fingerprint density at radius 1 is 1.16 bits per heavy atom. The van der Waals surface area contributed by atoms with E-state index in [1.165, 1.54) is 21.7 Å². The number of aromatic nitrogens is 2. The van der Waals surface area contributed by atoms with Crippen molar-refractivity contribution in [3.05, 3.63) is 76.3 Å². The molecule has 0 saturated carbocycles. The highest BCUT2D eigenvalue weighted by Gasteiger charge is 2.44. The molecule has 2 aliphatic heterocycles. The summed E-state index contributed by atoms with van der Waals surface area (Å²) in [6.45, 7) is 2.49. The molecular formula is C22H22N4O3S2. The van der Waals surface area contributed by atoms with Gasteiger partial charge in [0.15, 0.2) is 15.0 Å². The summed E-state index contributed by atoms with van der Waals surface area (Å²) in [5, 5.41) is 0.733. The third-order valence-electron chi connectivity index (χ3n) is 5.64. The van der Waals surface area contributed by atoms with Gasteiger partial charge in [0, 0.05) is 23.2 Å². The van der Waals surface area contributed by atoms with Crippen molar-refractivity contribution < 1.29 is 8.42 Å². The molecule has 4 heterocycles. The fourth-order valence-electron chi connectivity index (χ4n) is 4.00. The zero-order chi connectivity index (χ0) is 21.6. The predicted octanol–water partition coefficient (Wildman–Crippen LogP) is 2.53. The molecule has 7 nitrogen and oxygen atoms in total. The van der Waals surface area contributed by atoms with Crippen LogP contribution >= 0.6 is 11.8 Å². The van der Waals surface area contributed by atoms with Crippen LogP contribution in [0.15, 0.2) is 64.5 Å². The molecule has 1 saturated heterocycles. The van der Waals surface area contributed by atoms with Crippen molar-refractivity contribution in [2.45, 2.75) is 31.2 Å². The van der Waals surface area contributed by atoms with Crippen LogP contribution in [0.25, 0.3) is 5.65 Å². The SMILES string of the molecule is CCc1ccc(N(Cc2cc(=O)n3ccccc3n2)C2=N[C@@H]3CS(=O)(=O)C[C@@H]3S2)cc1. The molecule has 9 heteroatoms. The van der Waals surface area contributed by atoms with E-state index < -0.39 is 9.84 Å². The summed E-state index contributed by atoms with van der Waals surface area (Å²) < 4.78 is 25.5. The highest BCUT2D eigenvalue weighted by molar-refractivity contribution is 8.15. The van der Waals surface area contributed by atoms with Crippen molar-refractivity contribution in [3.63, 3.8) is 0 Å². The van der Waals surface area contributed by atoms with E-state index in [1.807, 2.05) is 29.2 Å². The molecule has 0 spiro atoms. The summed E-state index contributed by atoms with van der Waals surface area (Å²) in [7, 11) is -3.02. The van der Waals surface area contributed by atoms with Gasteiger partial charge in [-0.15, -0.1) is 0 Å². The summed E-state index contributed by atoms with van der Waals surface area (Å²) in [5.41, 5.74) is 3.28. The number of thioether (sulfide) groups is 1. The molecule has 5 rings (SSSR count). The van der Waals surface area contributed by atoms with Crippen LogP contribution in [0, 0.1) is 0 Å². The van der Waals surface area contributed by atoms with Gasteiger partial charge in [0.05, 0.1) is 29.8 Å². The van der Waals surface area contributed by atoms with Crippen LogP contribution in [0.2, 0.25) is 0 Å². The minimum atomic E-state index is -3.02. The first-order chi connectivity index (χ1) is 14.9. The minimum absolute atomic E-state index is 0.0485. The Bertz CT molecular complexity index is 1330. The van der Waals surface area contributed by atoms with Crippen molar-refractivity contribution in [2.24, 2.45) is 4.99 Å². The number of hydrogen-bond acceptors (Lipinski definition) is 7. The maximum absolute atomic E-state index is 12.6. The molecule has 2 aliphatic rings. The van der Waals surface area contributed by atoms with Gasteiger partial charge in [-0.2, -0.15) is 0 Å². The van der Waals surface area contributed by atoms with Crippen LogP contribution in [0.4, 0.5) is 5.69 Å². The number of rotatable bonds is 4. The topological polar surface area (TPSA) is 84.1 Å². The second kappa shape index (κ2) is 7.80. The molecule has 0 aliphatic carbocycles. The molecule has 31 heavy (non-hydrogen) atoms. The number of sulfone groups is 1. The Hall–Kier alpha value is -2.65. The molecule has 0 radical (unpaired) electrons. The third kappa shape index (κ3) is 3.99. The number of nitrogens with zero attached hydrogens (tertiary/aromatic N) is 4. The summed E-state index contributed by atoms with van der Waals surface area (Å²) in [6.07, 6.45) is 2.65. The van der Waals surface area contributed by atoms with Gasteiger partial charge in [0.1, 0.15) is 5.65 Å². The minimum Gasteiger partial charge on any atom is -0.315 e. The number of aryl methyl sites for hydroxylation is 1. The predicted molar refractivity (Wildman–Crippen MR) is 125 cm³/mol. The van der Waals surface area contributed by atoms with Crippen molar-refractivity contribution in [1.82, 2.24) is 9.38 Å². The second-order valence-corrected chi connectivity index (χ2v) is 11.2. The highest BCUT2D eigenvalue weighted by atomic mass is 32.2. The number of hydrogen-bond donors (Lipinski definition) is 0. The molecule has 3 aromatic rings. The van der Waals surface area contributed by atoms with Gasteiger partial charge < -0.3 is 4.90 Å². The first-order valence-corrected chi connectivity index (χ1v) is 12.9. The highest BCUT2D eigenvalue weighted by Crippen LogP contribution is 2.37. The van der Waals surface area contributed by atoms with Gasteiger partial charge in [-0.05, 0) is 36.2 Å². The molecular weight excluding hydrogens is 432 g/mol. The molecule has 1 aromatic carbocycles. The van der Waals surface area contributed by atoms with E-state index in [-0.39, 0.29) is 28.4 Å². The van der Waals surface area contributed by atoms with Gasteiger partial charge >= 0.3 is 0 Å². The van der Waals surface area contributed by atoms with Gasteiger partial charge in [0.25, 0.3) is 5.56 Å². The Balaban J connectivity index is 1.52. The number of aliphatic imine (C=N–C) groups is 1. The van der Waals surface area contributed by atoms with E-state index in [0.717, 1.165) is 17.3 Å². The van der Waals surface area contributed by atoms with Gasteiger partial charge in [-0.1, -0.05) is 36.9 Å². The number of pyridine rings is 1. The first-order valence-electron chi connectivity index (χ1n) is 10.2. The zero-order valence-corrected chi connectivity index (χ0v) is 18.6. The molecule has 2 aromatic heterocycles. The van der Waals surface area contributed by atoms with Crippen molar-refractivity contribution in [3.8, 4) is 0 Å². The Labute approximate surface area is 184 Å².